The normalized spacial score (nSPS) is 14.6. The Bertz CT molecular complexity index is 198. The molecular weight excluding hydrogens is 192 g/mol. The Kier molecular flexibility index (Phi) is 10.6. The maximum atomic E-state index is 2.38. The van der Waals surface area contributed by atoms with Crippen LogP contribution in [0.25, 0.3) is 0 Å². The number of hydrogen-bond donors (Lipinski definition) is 0. The van der Waals surface area contributed by atoms with Crippen molar-refractivity contribution in [3.05, 3.63) is 23.8 Å². The number of unbranched alkanes of at least 4 members (excludes halogenated alkanes) is 3. The largest absolute Gasteiger partial charge is 0.0843 e. The Morgan fingerprint density at radius 2 is 1.88 bits per heavy atom. The average molecular weight is 222 g/mol. The molecule has 0 heterocycles. The molecule has 0 aromatic rings. The van der Waals surface area contributed by atoms with Gasteiger partial charge in [0.25, 0.3) is 0 Å². The molecule has 0 aliphatic rings. The van der Waals surface area contributed by atoms with Gasteiger partial charge in [0, 0.05) is 0 Å². The standard InChI is InChI=1S/C16H30/c1-5-7-8-9-10-12-16(4)14-11-13-15(3)6-2/h10,12,14-15H,5-9,11,13H2,1-4H3. The number of allylic oxidation sites excluding steroid dienone is 4. The van der Waals surface area contributed by atoms with Crippen molar-refractivity contribution in [2.24, 2.45) is 5.92 Å². The van der Waals surface area contributed by atoms with Crippen LogP contribution in [0.15, 0.2) is 23.8 Å². The van der Waals surface area contributed by atoms with E-state index in [1.807, 2.05) is 0 Å². The first-order chi connectivity index (χ1) is 7.70. The van der Waals surface area contributed by atoms with E-state index in [0.717, 1.165) is 5.92 Å². The molecule has 0 saturated carbocycles. The second-order valence-corrected chi connectivity index (χ2v) is 4.94. The lowest BCUT2D eigenvalue weighted by Gasteiger charge is -2.04. The molecule has 0 nitrogen and oxygen atoms in total. The van der Waals surface area contributed by atoms with E-state index >= 15 is 0 Å². The molecule has 0 heteroatoms. The van der Waals surface area contributed by atoms with Crippen molar-refractivity contribution in [2.45, 2.75) is 72.6 Å². The van der Waals surface area contributed by atoms with Crippen LogP contribution in [0.2, 0.25) is 0 Å². The van der Waals surface area contributed by atoms with Crippen LogP contribution >= 0.6 is 0 Å². The summed E-state index contributed by atoms with van der Waals surface area (Å²) in [7, 11) is 0. The van der Waals surface area contributed by atoms with Crippen LogP contribution in [0.3, 0.4) is 0 Å². The fourth-order valence-electron chi connectivity index (χ4n) is 1.65. The topological polar surface area (TPSA) is 0 Å². The molecule has 1 atom stereocenters. The van der Waals surface area contributed by atoms with Crippen molar-refractivity contribution in [3.8, 4) is 0 Å². The van der Waals surface area contributed by atoms with Crippen LogP contribution in [0.1, 0.15) is 72.6 Å². The molecule has 0 aromatic carbocycles. The lowest BCUT2D eigenvalue weighted by Crippen LogP contribution is -1.89. The summed E-state index contributed by atoms with van der Waals surface area (Å²) >= 11 is 0. The van der Waals surface area contributed by atoms with Crippen LogP contribution in [0, 0.1) is 5.92 Å². The molecule has 0 saturated heterocycles. The zero-order chi connectivity index (χ0) is 12.2. The first-order valence-corrected chi connectivity index (χ1v) is 7.04. The van der Waals surface area contributed by atoms with Crippen LogP contribution in [-0.2, 0) is 0 Å². The van der Waals surface area contributed by atoms with Crippen molar-refractivity contribution in [1.82, 2.24) is 0 Å². The quantitative estimate of drug-likeness (QED) is 0.337. The summed E-state index contributed by atoms with van der Waals surface area (Å²) in [5.74, 6) is 0.873. The highest BCUT2D eigenvalue weighted by molar-refractivity contribution is 5.15. The van der Waals surface area contributed by atoms with Gasteiger partial charge in [0.2, 0.25) is 0 Å². The molecule has 0 fully saturated rings. The summed E-state index contributed by atoms with van der Waals surface area (Å²) in [6.45, 7) is 9.08. The van der Waals surface area contributed by atoms with Gasteiger partial charge in [-0.05, 0) is 38.5 Å². The van der Waals surface area contributed by atoms with E-state index in [4.69, 9.17) is 0 Å². The lowest BCUT2D eigenvalue weighted by atomic mass is 10.0. The third-order valence-corrected chi connectivity index (χ3v) is 3.18. The van der Waals surface area contributed by atoms with Gasteiger partial charge in [-0.15, -0.1) is 0 Å². The van der Waals surface area contributed by atoms with Gasteiger partial charge in [-0.3, -0.25) is 0 Å². The maximum Gasteiger partial charge on any atom is -0.0342 e. The summed E-state index contributed by atoms with van der Waals surface area (Å²) in [6, 6.07) is 0. The van der Waals surface area contributed by atoms with Gasteiger partial charge in [-0.1, -0.05) is 63.8 Å². The van der Waals surface area contributed by atoms with Gasteiger partial charge in [0.05, 0.1) is 0 Å². The smallest absolute Gasteiger partial charge is 0.0342 e. The third-order valence-electron chi connectivity index (χ3n) is 3.18. The van der Waals surface area contributed by atoms with Crippen LogP contribution in [0.4, 0.5) is 0 Å². The molecule has 0 spiro atoms. The predicted molar refractivity (Wildman–Crippen MR) is 75.7 cm³/mol. The first-order valence-electron chi connectivity index (χ1n) is 7.04. The molecule has 0 amide bonds. The summed E-state index contributed by atoms with van der Waals surface area (Å²) in [6.07, 6.45) is 16.1. The van der Waals surface area contributed by atoms with E-state index < -0.39 is 0 Å². The predicted octanol–water partition coefficient (Wildman–Crippen LogP) is 5.90. The van der Waals surface area contributed by atoms with E-state index in [-0.39, 0.29) is 0 Å². The van der Waals surface area contributed by atoms with Crippen LogP contribution in [0.5, 0.6) is 0 Å². The fraction of sp³-hybridized carbons (Fsp3) is 0.750. The Labute approximate surface area is 103 Å². The van der Waals surface area contributed by atoms with E-state index in [9.17, 15) is 0 Å². The zero-order valence-corrected chi connectivity index (χ0v) is 11.8. The minimum Gasteiger partial charge on any atom is -0.0843 e. The average Bonchev–Trinajstić information content (AvgIpc) is 2.28. The van der Waals surface area contributed by atoms with Crippen molar-refractivity contribution in [3.63, 3.8) is 0 Å². The monoisotopic (exact) mass is 222 g/mol. The number of rotatable bonds is 9. The third kappa shape index (κ3) is 10.0. The maximum absolute atomic E-state index is 2.38. The fourth-order valence-corrected chi connectivity index (χ4v) is 1.65. The second-order valence-electron chi connectivity index (χ2n) is 4.94. The molecule has 0 N–H and O–H groups in total. The van der Waals surface area contributed by atoms with Gasteiger partial charge in [-0.25, -0.2) is 0 Å². The van der Waals surface area contributed by atoms with E-state index in [1.165, 1.54) is 50.5 Å². The van der Waals surface area contributed by atoms with Gasteiger partial charge in [-0.2, -0.15) is 0 Å². The Morgan fingerprint density at radius 1 is 1.12 bits per heavy atom. The highest BCUT2D eigenvalue weighted by Crippen LogP contribution is 2.11. The molecule has 0 aromatic heterocycles. The van der Waals surface area contributed by atoms with Crippen molar-refractivity contribution in [1.29, 1.82) is 0 Å². The highest BCUT2D eigenvalue weighted by atomic mass is 14.0. The zero-order valence-electron chi connectivity index (χ0n) is 11.8. The molecule has 94 valence electrons. The summed E-state index contributed by atoms with van der Waals surface area (Å²) in [5.41, 5.74) is 1.43. The summed E-state index contributed by atoms with van der Waals surface area (Å²) < 4.78 is 0. The van der Waals surface area contributed by atoms with Gasteiger partial charge in [0.1, 0.15) is 0 Å². The van der Waals surface area contributed by atoms with E-state index in [1.54, 1.807) is 0 Å². The van der Waals surface area contributed by atoms with Crippen molar-refractivity contribution < 1.29 is 0 Å². The second kappa shape index (κ2) is 11.0. The minimum atomic E-state index is 0.873. The van der Waals surface area contributed by atoms with Crippen LogP contribution in [-0.4, -0.2) is 0 Å². The molecule has 0 rings (SSSR count). The van der Waals surface area contributed by atoms with Gasteiger partial charge >= 0.3 is 0 Å². The summed E-state index contributed by atoms with van der Waals surface area (Å²) in [4.78, 5) is 0. The van der Waals surface area contributed by atoms with Gasteiger partial charge < -0.3 is 0 Å². The molecule has 0 bridgehead atoms. The first kappa shape index (κ1) is 15.5. The SMILES string of the molecule is CCCCCC=CC(C)=CCCC(C)CC. The Balaban J connectivity index is 3.61. The van der Waals surface area contributed by atoms with Gasteiger partial charge in [0.15, 0.2) is 0 Å². The van der Waals surface area contributed by atoms with E-state index in [0.29, 0.717) is 0 Å². The molecule has 0 aliphatic heterocycles. The van der Waals surface area contributed by atoms with Crippen LogP contribution < -0.4 is 0 Å². The summed E-state index contributed by atoms with van der Waals surface area (Å²) in [5, 5.41) is 0. The molecule has 0 aliphatic carbocycles. The van der Waals surface area contributed by atoms with Crippen molar-refractivity contribution >= 4 is 0 Å². The minimum absolute atomic E-state index is 0.873. The van der Waals surface area contributed by atoms with E-state index in [2.05, 4.69) is 45.9 Å². The highest BCUT2D eigenvalue weighted by Gasteiger charge is 1.95. The lowest BCUT2D eigenvalue weighted by molar-refractivity contribution is 0.521. The molecule has 16 heavy (non-hydrogen) atoms. The number of hydrogen-bond acceptors (Lipinski definition) is 0. The Hall–Kier alpha value is -0.520. The molecule has 0 radical (unpaired) electrons. The Morgan fingerprint density at radius 3 is 2.50 bits per heavy atom. The molecule has 1 unspecified atom stereocenters. The van der Waals surface area contributed by atoms with Crippen molar-refractivity contribution in [2.75, 3.05) is 0 Å². The molecular formula is C16H30.